The molecule has 1 aromatic carbocycles. The molecule has 0 fully saturated rings. The first kappa shape index (κ1) is 15.2. The Morgan fingerprint density at radius 1 is 1.24 bits per heavy atom. The van der Waals surface area contributed by atoms with E-state index in [2.05, 4.69) is 0 Å². The second-order valence-electron chi connectivity index (χ2n) is 4.88. The van der Waals surface area contributed by atoms with Crippen LogP contribution in [0.25, 0.3) is 5.57 Å². The Hall–Kier alpha value is -2.23. The van der Waals surface area contributed by atoms with Crippen molar-refractivity contribution in [2.75, 3.05) is 7.11 Å². The zero-order valence-electron chi connectivity index (χ0n) is 11.9. The Labute approximate surface area is 122 Å². The van der Waals surface area contributed by atoms with E-state index in [1.54, 1.807) is 24.3 Å². The van der Waals surface area contributed by atoms with Gasteiger partial charge in [-0.05, 0) is 29.7 Å². The van der Waals surface area contributed by atoms with Gasteiger partial charge in [0.15, 0.2) is 6.29 Å². The third-order valence-corrected chi connectivity index (χ3v) is 3.33. The van der Waals surface area contributed by atoms with Crippen LogP contribution in [0.1, 0.15) is 24.5 Å². The lowest BCUT2D eigenvalue weighted by molar-refractivity contribution is -0.104. The maximum atomic E-state index is 13.2. The minimum atomic E-state index is -2.85. The first-order valence-electron chi connectivity index (χ1n) is 6.55. The Kier molecular flexibility index (Phi) is 4.36. The molecule has 4 heteroatoms. The van der Waals surface area contributed by atoms with Crippen LogP contribution in [0.3, 0.4) is 0 Å². The lowest BCUT2D eigenvalue weighted by atomic mass is 9.98. The van der Waals surface area contributed by atoms with Crippen molar-refractivity contribution in [1.82, 2.24) is 0 Å². The van der Waals surface area contributed by atoms with Gasteiger partial charge in [0.25, 0.3) is 5.92 Å². The van der Waals surface area contributed by atoms with Crippen LogP contribution in [0, 0.1) is 0 Å². The molecule has 0 heterocycles. The van der Waals surface area contributed by atoms with E-state index in [1.165, 1.54) is 19.2 Å². The number of alkyl halides is 2. The Bertz CT molecular complexity index is 617. The highest BCUT2D eigenvalue weighted by atomic mass is 19.3. The van der Waals surface area contributed by atoms with E-state index < -0.39 is 5.92 Å². The van der Waals surface area contributed by atoms with Gasteiger partial charge in [0, 0.05) is 12.5 Å². The average molecular weight is 290 g/mol. The van der Waals surface area contributed by atoms with E-state index in [-0.39, 0.29) is 5.56 Å². The molecule has 0 bridgehead atoms. The number of rotatable bonds is 4. The molecular weight excluding hydrogens is 274 g/mol. The van der Waals surface area contributed by atoms with E-state index in [4.69, 9.17) is 4.74 Å². The zero-order valence-corrected chi connectivity index (χ0v) is 11.9. The largest absolute Gasteiger partial charge is 0.496 e. The van der Waals surface area contributed by atoms with Gasteiger partial charge in [-0.1, -0.05) is 30.3 Å². The second-order valence-corrected chi connectivity index (χ2v) is 4.88. The lowest BCUT2D eigenvalue weighted by Gasteiger charge is -2.12. The number of carbonyl (C=O) groups is 1. The van der Waals surface area contributed by atoms with Crippen molar-refractivity contribution >= 4 is 11.9 Å². The number of carbonyl (C=O) groups excluding carboxylic acids is 1. The van der Waals surface area contributed by atoms with Crippen molar-refractivity contribution < 1.29 is 18.3 Å². The molecule has 0 unspecified atom stereocenters. The third-order valence-electron chi connectivity index (χ3n) is 3.33. The molecule has 0 radical (unpaired) electrons. The average Bonchev–Trinajstić information content (AvgIpc) is 2.68. The molecule has 1 aliphatic rings. The monoisotopic (exact) mass is 290 g/mol. The van der Waals surface area contributed by atoms with E-state index in [9.17, 15) is 13.6 Å². The summed E-state index contributed by atoms with van der Waals surface area (Å²) in [7, 11) is 1.50. The first-order valence-corrected chi connectivity index (χ1v) is 6.55. The molecule has 0 aliphatic heterocycles. The van der Waals surface area contributed by atoms with Gasteiger partial charge in [-0.25, -0.2) is 8.78 Å². The smallest absolute Gasteiger partial charge is 0.270 e. The molecule has 0 saturated heterocycles. The molecule has 0 N–H and O–H groups in total. The van der Waals surface area contributed by atoms with Gasteiger partial charge in [0.1, 0.15) is 5.76 Å². The minimum Gasteiger partial charge on any atom is -0.496 e. The number of allylic oxidation sites excluding steroid dienone is 5. The van der Waals surface area contributed by atoms with Crippen LogP contribution in [-0.4, -0.2) is 13.4 Å². The highest BCUT2D eigenvalue weighted by Gasteiger charge is 2.23. The van der Waals surface area contributed by atoms with Crippen LogP contribution >= 0.6 is 0 Å². The SMILES string of the molecule is COC1=C(C=O)C=C(c2ccc(C(C)(F)F)cc2)CC=C1. The van der Waals surface area contributed by atoms with Gasteiger partial charge < -0.3 is 4.74 Å². The van der Waals surface area contributed by atoms with Gasteiger partial charge >= 0.3 is 0 Å². The van der Waals surface area contributed by atoms with Crippen molar-refractivity contribution in [2.24, 2.45) is 0 Å². The highest BCUT2D eigenvalue weighted by molar-refractivity contribution is 5.85. The molecule has 0 aromatic heterocycles. The van der Waals surface area contributed by atoms with Crippen LogP contribution in [0.5, 0.6) is 0 Å². The third kappa shape index (κ3) is 3.45. The highest BCUT2D eigenvalue weighted by Crippen LogP contribution is 2.30. The molecule has 1 aromatic rings. The molecule has 2 nitrogen and oxygen atoms in total. The fraction of sp³-hybridized carbons (Fsp3) is 0.235. The van der Waals surface area contributed by atoms with Crippen molar-refractivity contribution in [3.63, 3.8) is 0 Å². The predicted molar refractivity (Wildman–Crippen MR) is 77.8 cm³/mol. The van der Waals surface area contributed by atoms with Gasteiger partial charge in [0.2, 0.25) is 0 Å². The summed E-state index contributed by atoms with van der Waals surface area (Å²) in [6.45, 7) is 0.869. The molecule has 110 valence electrons. The van der Waals surface area contributed by atoms with Crippen molar-refractivity contribution in [3.05, 3.63) is 65.0 Å². The number of halogens is 2. The molecule has 0 amide bonds. The molecular formula is C17H16F2O2. The number of methoxy groups -OCH3 is 1. The van der Waals surface area contributed by atoms with Crippen LogP contribution in [0.15, 0.2) is 53.8 Å². The summed E-state index contributed by atoms with van der Waals surface area (Å²) < 4.78 is 31.6. The van der Waals surface area contributed by atoms with E-state index in [1.807, 2.05) is 6.08 Å². The minimum absolute atomic E-state index is 0.0280. The number of aldehydes is 1. The first-order chi connectivity index (χ1) is 9.95. The van der Waals surface area contributed by atoms with Crippen molar-refractivity contribution in [2.45, 2.75) is 19.3 Å². The Balaban J connectivity index is 2.38. The number of hydrogen-bond acceptors (Lipinski definition) is 2. The van der Waals surface area contributed by atoms with Crippen molar-refractivity contribution in [1.29, 1.82) is 0 Å². The van der Waals surface area contributed by atoms with Crippen LogP contribution in [0.2, 0.25) is 0 Å². The van der Waals surface area contributed by atoms with E-state index in [0.29, 0.717) is 17.8 Å². The molecule has 1 aliphatic carbocycles. The van der Waals surface area contributed by atoms with Crippen LogP contribution < -0.4 is 0 Å². The normalized spacial score (nSPS) is 15.5. The summed E-state index contributed by atoms with van der Waals surface area (Å²) >= 11 is 0. The van der Waals surface area contributed by atoms with E-state index >= 15 is 0 Å². The maximum Gasteiger partial charge on any atom is 0.270 e. The van der Waals surface area contributed by atoms with Gasteiger partial charge in [-0.15, -0.1) is 0 Å². The number of ether oxygens (including phenoxy) is 1. The summed E-state index contributed by atoms with van der Waals surface area (Å²) in [5.41, 5.74) is 2.10. The maximum absolute atomic E-state index is 13.2. The summed E-state index contributed by atoms with van der Waals surface area (Å²) in [5.74, 6) is -2.36. The van der Waals surface area contributed by atoms with Crippen molar-refractivity contribution in [3.8, 4) is 0 Å². The summed E-state index contributed by atoms with van der Waals surface area (Å²) in [4.78, 5) is 11.1. The topological polar surface area (TPSA) is 26.3 Å². The summed E-state index contributed by atoms with van der Waals surface area (Å²) in [6.07, 6.45) is 6.67. The quantitative estimate of drug-likeness (QED) is 0.775. The molecule has 21 heavy (non-hydrogen) atoms. The fourth-order valence-electron chi connectivity index (χ4n) is 2.16. The molecule has 2 rings (SSSR count). The Morgan fingerprint density at radius 3 is 2.43 bits per heavy atom. The fourth-order valence-corrected chi connectivity index (χ4v) is 2.16. The van der Waals surface area contributed by atoms with Gasteiger partial charge in [-0.2, -0.15) is 0 Å². The van der Waals surface area contributed by atoms with E-state index in [0.717, 1.165) is 24.3 Å². The molecule has 0 saturated carbocycles. The standard InChI is InChI=1S/C17H16F2O2/c1-17(18,19)15-8-6-12(7-9-15)13-4-3-5-16(21-2)14(10-13)11-20/h3,5-11H,4H2,1-2H3. The lowest BCUT2D eigenvalue weighted by Crippen LogP contribution is -2.06. The van der Waals surface area contributed by atoms with Gasteiger partial charge in [0.05, 0.1) is 12.7 Å². The van der Waals surface area contributed by atoms with Crippen LogP contribution in [-0.2, 0) is 15.5 Å². The zero-order chi connectivity index (χ0) is 15.5. The second kappa shape index (κ2) is 6.04. The molecule has 0 atom stereocenters. The predicted octanol–water partition coefficient (Wildman–Crippen LogP) is 4.24. The van der Waals surface area contributed by atoms with Gasteiger partial charge in [-0.3, -0.25) is 4.79 Å². The number of benzene rings is 1. The Morgan fingerprint density at radius 2 is 1.90 bits per heavy atom. The molecule has 0 spiro atoms. The number of hydrogen-bond donors (Lipinski definition) is 0. The van der Waals surface area contributed by atoms with Crippen LogP contribution in [0.4, 0.5) is 8.78 Å². The summed E-state index contributed by atoms with van der Waals surface area (Å²) in [6, 6.07) is 6.11. The summed E-state index contributed by atoms with van der Waals surface area (Å²) in [5, 5.41) is 0.